The highest BCUT2D eigenvalue weighted by molar-refractivity contribution is 9.10. The van der Waals surface area contributed by atoms with Crippen LogP contribution in [0.15, 0.2) is 28.7 Å². The standard InChI is InChI=1S/C13H19BrN2O2/c1-3-12(9-4-6-10(14)7-5-9)16-13(17)11(15)8-18-2/h4-7,11-12H,3,8,15H2,1-2H3,(H,16,17). The van der Waals surface area contributed by atoms with Gasteiger partial charge < -0.3 is 15.8 Å². The molecule has 0 saturated heterocycles. The highest BCUT2D eigenvalue weighted by Gasteiger charge is 2.17. The van der Waals surface area contributed by atoms with Crippen LogP contribution < -0.4 is 11.1 Å². The molecule has 4 nitrogen and oxygen atoms in total. The van der Waals surface area contributed by atoms with E-state index in [1.807, 2.05) is 31.2 Å². The van der Waals surface area contributed by atoms with Gasteiger partial charge in [0.05, 0.1) is 12.6 Å². The van der Waals surface area contributed by atoms with Crippen LogP contribution in [0.4, 0.5) is 0 Å². The van der Waals surface area contributed by atoms with Gasteiger partial charge >= 0.3 is 0 Å². The summed E-state index contributed by atoms with van der Waals surface area (Å²) in [7, 11) is 1.53. The van der Waals surface area contributed by atoms with E-state index in [4.69, 9.17) is 10.5 Å². The number of nitrogens with one attached hydrogen (secondary N) is 1. The number of amides is 1. The minimum Gasteiger partial charge on any atom is -0.383 e. The summed E-state index contributed by atoms with van der Waals surface area (Å²) in [6, 6.07) is 7.24. The highest BCUT2D eigenvalue weighted by Crippen LogP contribution is 2.19. The Morgan fingerprint density at radius 1 is 1.44 bits per heavy atom. The van der Waals surface area contributed by atoms with Crippen molar-refractivity contribution in [3.8, 4) is 0 Å². The van der Waals surface area contributed by atoms with E-state index in [9.17, 15) is 4.79 Å². The van der Waals surface area contributed by atoms with Crippen LogP contribution in [0.3, 0.4) is 0 Å². The van der Waals surface area contributed by atoms with E-state index in [1.54, 1.807) is 0 Å². The van der Waals surface area contributed by atoms with Gasteiger partial charge in [-0.05, 0) is 24.1 Å². The van der Waals surface area contributed by atoms with Gasteiger partial charge in [-0.2, -0.15) is 0 Å². The fraction of sp³-hybridized carbons (Fsp3) is 0.462. The molecule has 1 rings (SSSR count). The third-order valence-corrected chi connectivity index (χ3v) is 3.21. The first-order chi connectivity index (χ1) is 8.58. The average Bonchev–Trinajstić information content (AvgIpc) is 2.37. The van der Waals surface area contributed by atoms with Crippen molar-refractivity contribution in [2.24, 2.45) is 5.73 Å². The van der Waals surface area contributed by atoms with Crippen LogP contribution in [0.5, 0.6) is 0 Å². The summed E-state index contributed by atoms with van der Waals surface area (Å²) >= 11 is 3.39. The quantitative estimate of drug-likeness (QED) is 0.844. The van der Waals surface area contributed by atoms with Gasteiger partial charge in [0, 0.05) is 11.6 Å². The summed E-state index contributed by atoms with van der Waals surface area (Å²) in [6.45, 7) is 2.25. The molecule has 2 atom stereocenters. The molecular weight excluding hydrogens is 296 g/mol. The number of benzene rings is 1. The minimum absolute atomic E-state index is 0.0199. The molecule has 1 aromatic rings. The Kier molecular flexibility index (Phi) is 6.32. The molecular formula is C13H19BrN2O2. The molecule has 5 heteroatoms. The Labute approximate surface area is 116 Å². The molecule has 100 valence electrons. The Balaban J connectivity index is 2.67. The zero-order valence-corrected chi connectivity index (χ0v) is 12.2. The summed E-state index contributed by atoms with van der Waals surface area (Å²) < 4.78 is 5.89. The van der Waals surface area contributed by atoms with Crippen LogP contribution in [0, 0.1) is 0 Å². The number of halogens is 1. The van der Waals surface area contributed by atoms with E-state index in [1.165, 1.54) is 7.11 Å². The van der Waals surface area contributed by atoms with Crippen molar-refractivity contribution in [2.45, 2.75) is 25.4 Å². The van der Waals surface area contributed by atoms with Gasteiger partial charge in [-0.1, -0.05) is 35.0 Å². The Morgan fingerprint density at radius 2 is 2.06 bits per heavy atom. The number of hydrogen-bond donors (Lipinski definition) is 2. The third kappa shape index (κ3) is 4.40. The van der Waals surface area contributed by atoms with E-state index in [2.05, 4.69) is 21.2 Å². The SMILES string of the molecule is CCC(NC(=O)C(N)COC)c1ccc(Br)cc1. The van der Waals surface area contributed by atoms with Crippen molar-refractivity contribution in [1.29, 1.82) is 0 Å². The summed E-state index contributed by atoms with van der Waals surface area (Å²) in [5, 5.41) is 2.93. The monoisotopic (exact) mass is 314 g/mol. The molecule has 0 fully saturated rings. The summed E-state index contributed by atoms with van der Waals surface area (Å²) in [4.78, 5) is 11.8. The van der Waals surface area contributed by atoms with Crippen LogP contribution in [0.25, 0.3) is 0 Å². The van der Waals surface area contributed by atoms with Crippen molar-refractivity contribution in [3.05, 3.63) is 34.3 Å². The first kappa shape index (κ1) is 15.1. The smallest absolute Gasteiger partial charge is 0.239 e. The number of rotatable bonds is 6. The molecule has 3 N–H and O–H groups in total. The Morgan fingerprint density at radius 3 is 2.56 bits per heavy atom. The molecule has 0 aliphatic heterocycles. The highest BCUT2D eigenvalue weighted by atomic mass is 79.9. The summed E-state index contributed by atoms with van der Waals surface area (Å²) in [5.74, 6) is -0.188. The Hall–Kier alpha value is -0.910. The molecule has 0 aromatic heterocycles. The predicted molar refractivity (Wildman–Crippen MR) is 75.2 cm³/mol. The summed E-state index contributed by atoms with van der Waals surface area (Å²) in [6.07, 6.45) is 0.813. The maximum absolute atomic E-state index is 11.8. The molecule has 1 amide bonds. The molecule has 0 aliphatic carbocycles. The number of carbonyl (C=O) groups excluding carboxylic acids is 1. The second-order valence-corrected chi connectivity index (χ2v) is 5.00. The molecule has 0 spiro atoms. The largest absolute Gasteiger partial charge is 0.383 e. The van der Waals surface area contributed by atoms with Gasteiger partial charge in [0.1, 0.15) is 6.04 Å². The fourth-order valence-electron chi connectivity index (χ4n) is 1.65. The van der Waals surface area contributed by atoms with Gasteiger partial charge in [-0.3, -0.25) is 4.79 Å². The number of hydrogen-bond acceptors (Lipinski definition) is 3. The molecule has 0 aliphatic rings. The molecule has 0 radical (unpaired) electrons. The van der Waals surface area contributed by atoms with Crippen molar-refractivity contribution >= 4 is 21.8 Å². The van der Waals surface area contributed by atoms with Crippen molar-refractivity contribution < 1.29 is 9.53 Å². The fourth-order valence-corrected chi connectivity index (χ4v) is 1.91. The second kappa shape index (κ2) is 7.51. The number of ether oxygens (including phenoxy) is 1. The van der Waals surface area contributed by atoms with Gasteiger partial charge in [-0.15, -0.1) is 0 Å². The maximum atomic E-state index is 11.8. The Bertz CT molecular complexity index is 381. The molecule has 0 saturated carbocycles. The van der Waals surface area contributed by atoms with E-state index >= 15 is 0 Å². The first-order valence-corrected chi connectivity index (χ1v) is 6.68. The van der Waals surface area contributed by atoms with Crippen molar-refractivity contribution in [3.63, 3.8) is 0 Å². The van der Waals surface area contributed by atoms with E-state index < -0.39 is 6.04 Å². The molecule has 18 heavy (non-hydrogen) atoms. The second-order valence-electron chi connectivity index (χ2n) is 4.08. The number of methoxy groups -OCH3 is 1. The molecule has 1 aromatic carbocycles. The molecule has 2 unspecified atom stereocenters. The van der Waals surface area contributed by atoms with Crippen LogP contribution in [0.1, 0.15) is 24.9 Å². The summed E-state index contributed by atoms with van der Waals surface area (Å²) in [5.41, 5.74) is 6.76. The third-order valence-electron chi connectivity index (χ3n) is 2.68. The predicted octanol–water partition coefficient (Wildman–Crippen LogP) is 1.99. The number of nitrogens with two attached hydrogens (primary N) is 1. The zero-order valence-electron chi connectivity index (χ0n) is 10.7. The van der Waals surface area contributed by atoms with Crippen molar-refractivity contribution in [2.75, 3.05) is 13.7 Å². The lowest BCUT2D eigenvalue weighted by molar-refractivity contribution is -0.124. The first-order valence-electron chi connectivity index (χ1n) is 5.88. The molecule has 0 bridgehead atoms. The van der Waals surface area contributed by atoms with Gasteiger partial charge in [0.25, 0.3) is 0 Å². The van der Waals surface area contributed by atoms with Crippen LogP contribution >= 0.6 is 15.9 Å². The van der Waals surface area contributed by atoms with E-state index in [0.717, 1.165) is 16.5 Å². The lowest BCUT2D eigenvalue weighted by atomic mass is 10.0. The van der Waals surface area contributed by atoms with Gasteiger partial charge in [-0.25, -0.2) is 0 Å². The van der Waals surface area contributed by atoms with E-state index in [0.29, 0.717) is 0 Å². The number of carbonyl (C=O) groups is 1. The normalized spacial score (nSPS) is 14.0. The van der Waals surface area contributed by atoms with Gasteiger partial charge in [0.15, 0.2) is 0 Å². The molecule has 0 heterocycles. The van der Waals surface area contributed by atoms with Crippen LogP contribution in [-0.4, -0.2) is 25.7 Å². The lowest BCUT2D eigenvalue weighted by Gasteiger charge is -2.20. The minimum atomic E-state index is -0.625. The van der Waals surface area contributed by atoms with E-state index in [-0.39, 0.29) is 18.6 Å². The zero-order chi connectivity index (χ0) is 13.5. The van der Waals surface area contributed by atoms with Crippen molar-refractivity contribution in [1.82, 2.24) is 5.32 Å². The average molecular weight is 315 g/mol. The van der Waals surface area contributed by atoms with Gasteiger partial charge in [0.2, 0.25) is 5.91 Å². The topological polar surface area (TPSA) is 64.4 Å². The maximum Gasteiger partial charge on any atom is 0.239 e. The van der Waals surface area contributed by atoms with Crippen LogP contribution in [0.2, 0.25) is 0 Å². The lowest BCUT2D eigenvalue weighted by Crippen LogP contribution is -2.44. The van der Waals surface area contributed by atoms with Crippen LogP contribution in [-0.2, 0) is 9.53 Å².